The number of carbonyl (C=O) groups excluding carboxylic acids is 10. The topological polar surface area (TPSA) is 187 Å². The van der Waals surface area contributed by atoms with Gasteiger partial charge in [0.25, 0.3) is 29.5 Å². The van der Waals surface area contributed by atoms with Crippen LogP contribution < -0.4 is 0 Å². The van der Waals surface area contributed by atoms with E-state index >= 15 is 0 Å². The molecule has 5 aliphatic rings. The number of allylic oxidation sites excluding steroid dienone is 2. The lowest BCUT2D eigenvalue weighted by Crippen LogP contribution is -2.30. The average Bonchev–Trinajstić information content (AvgIpc) is 1.76. The molecule has 5 rings (SSSR count). The molecule has 15 nitrogen and oxygen atoms in total. The first-order valence-corrected chi connectivity index (χ1v) is 43.6. The van der Waals surface area contributed by atoms with Crippen molar-refractivity contribution in [3.05, 3.63) is 72.9 Å². The van der Waals surface area contributed by atoms with Gasteiger partial charge in [-0.3, -0.25) is 72.4 Å². The second-order valence-corrected chi connectivity index (χ2v) is 31.8. The third-order valence-electron chi connectivity index (χ3n) is 22.4. The molecular weight excluding hydrogens is 1340 g/mol. The van der Waals surface area contributed by atoms with Crippen molar-refractivity contribution in [3.63, 3.8) is 0 Å². The second-order valence-electron chi connectivity index (χ2n) is 31.8. The molecule has 0 aliphatic carbocycles. The molecule has 0 spiro atoms. The molecule has 608 valence electrons. The van der Waals surface area contributed by atoms with Gasteiger partial charge < -0.3 is 0 Å². The number of hydrogen-bond donors (Lipinski definition) is 0. The molecule has 0 aromatic carbocycles. The van der Waals surface area contributed by atoms with Gasteiger partial charge in [-0.15, -0.1) is 0 Å². The van der Waals surface area contributed by atoms with Crippen LogP contribution in [0.1, 0.15) is 407 Å². The molecule has 0 aromatic heterocycles. The van der Waals surface area contributed by atoms with Crippen LogP contribution in [0.3, 0.4) is 0 Å². The Morgan fingerprint density at radius 3 is 0.542 bits per heavy atom. The maximum absolute atomic E-state index is 12.1. The Labute approximate surface area is 652 Å². The van der Waals surface area contributed by atoms with Crippen molar-refractivity contribution >= 4 is 59.1 Å². The maximum Gasteiger partial charge on any atom is 0.256 e. The van der Waals surface area contributed by atoms with Crippen LogP contribution in [0, 0.1) is 11.8 Å². The summed E-state index contributed by atoms with van der Waals surface area (Å²) in [5.74, 6) is 0.397. The Bertz CT molecular complexity index is 2570. The van der Waals surface area contributed by atoms with E-state index < -0.39 is 0 Å². The average molecular weight is 1490 g/mol. The number of nitrogens with zero attached hydrogens (tertiary/aromatic N) is 5. The number of rotatable bonds is 64. The van der Waals surface area contributed by atoms with Crippen molar-refractivity contribution in [1.82, 2.24) is 24.5 Å². The molecule has 0 aromatic rings. The SMILES string of the molecule is C.C=C1CC(=O)N(CCCCCCC/C=C/CCCCCCCCC)C1=O.C=C1CC(=O)N(CCCCCCCCCC(CCCCCCCC)C(CCCCCCCC)CCCCCCCCCN2C(=O)CC(=C)C2=O)C1=O.C=C1CC(=O)N(CCCCCCCCCCCCN2C(=O)CC(=C)C2=O)C1=O. The molecule has 5 aliphatic heterocycles. The summed E-state index contributed by atoms with van der Waals surface area (Å²) in [6, 6.07) is 0. The van der Waals surface area contributed by atoms with Gasteiger partial charge in [0.1, 0.15) is 0 Å². The van der Waals surface area contributed by atoms with Crippen LogP contribution in [0.15, 0.2) is 72.9 Å². The largest absolute Gasteiger partial charge is 0.279 e. The van der Waals surface area contributed by atoms with Crippen LogP contribution >= 0.6 is 0 Å². The van der Waals surface area contributed by atoms with Gasteiger partial charge in [0.15, 0.2) is 0 Å². The molecule has 0 N–H and O–H groups in total. The van der Waals surface area contributed by atoms with E-state index in [2.05, 4.69) is 65.8 Å². The summed E-state index contributed by atoms with van der Waals surface area (Å²) in [5.41, 5.74) is 2.15. The second kappa shape index (κ2) is 61.9. The molecule has 0 saturated carbocycles. The number of hydrogen-bond acceptors (Lipinski definition) is 10. The third-order valence-corrected chi connectivity index (χ3v) is 22.4. The fourth-order valence-corrected chi connectivity index (χ4v) is 15.6. The maximum atomic E-state index is 12.1. The van der Waals surface area contributed by atoms with Crippen molar-refractivity contribution < 1.29 is 47.9 Å². The monoisotopic (exact) mass is 1490 g/mol. The van der Waals surface area contributed by atoms with Crippen molar-refractivity contribution in [2.75, 3.05) is 32.7 Å². The van der Waals surface area contributed by atoms with Gasteiger partial charge in [-0.1, -0.05) is 362 Å². The van der Waals surface area contributed by atoms with Crippen LogP contribution in [0.5, 0.6) is 0 Å². The van der Waals surface area contributed by atoms with Gasteiger partial charge in [0.2, 0.25) is 29.5 Å². The molecule has 5 heterocycles. The van der Waals surface area contributed by atoms with Gasteiger partial charge >= 0.3 is 0 Å². The molecule has 0 bridgehead atoms. The Morgan fingerprint density at radius 2 is 0.383 bits per heavy atom. The van der Waals surface area contributed by atoms with Gasteiger partial charge in [-0.25, -0.2) is 0 Å². The summed E-state index contributed by atoms with van der Waals surface area (Å²) in [6.07, 6.45) is 73.2. The molecular formula is C92H155N5O10. The highest BCUT2D eigenvalue weighted by molar-refractivity contribution is 6.15. The van der Waals surface area contributed by atoms with E-state index in [-0.39, 0.29) is 98.6 Å². The molecule has 5 saturated heterocycles. The number of imide groups is 5. The van der Waals surface area contributed by atoms with E-state index in [1.54, 1.807) is 0 Å². The Kier molecular flexibility index (Phi) is 56.2. The zero-order chi connectivity index (χ0) is 77.4. The van der Waals surface area contributed by atoms with E-state index in [4.69, 9.17) is 0 Å². The highest BCUT2D eigenvalue weighted by atomic mass is 16.2. The van der Waals surface area contributed by atoms with Crippen LogP contribution in [0.25, 0.3) is 0 Å². The minimum absolute atomic E-state index is 0. The smallest absolute Gasteiger partial charge is 0.256 e. The van der Waals surface area contributed by atoms with E-state index in [1.165, 1.54) is 294 Å². The Balaban J connectivity index is 0.000000595. The molecule has 5 fully saturated rings. The normalized spacial score (nSPS) is 16.1. The zero-order valence-electron chi connectivity index (χ0n) is 67.9. The molecule has 10 amide bonds. The molecule has 0 radical (unpaired) electrons. The molecule has 2 unspecified atom stereocenters. The number of amides is 10. The van der Waals surface area contributed by atoms with Crippen molar-refractivity contribution in [1.29, 1.82) is 0 Å². The Morgan fingerprint density at radius 1 is 0.234 bits per heavy atom. The third kappa shape index (κ3) is 42.2. The van der Waals surface area contributed by atoms with Crippen LogP contribution in [-0.2, 0) is 47.9 Å². The number of unbranched alkanes of at least 4 members (excludes halogenated alkanes) is 43. The summed E-state index contributed by atoms with van der Waals surface area (Å²) in [5, 5.41) is 0. The molecule has 107 heavy (non-hydrogen) atoms. The highest BCUT2D eigenvalue weighted by Crippen LogP contribution is 2.35. The standard InChI is InChI=1S/C46H80N2O4.C23H39NO2.C22H32N2O4.CH4/c1-5-7-9-11-19-25-31-41(33-27-21-15-13-17-23-29-35-47-43(49)37-39(3)45(47)51)42(32-26-20-12-10-8-6-2)34-28-22-16-14-18-24-30-36-48-44(50)38-40(4)46(48)52;1-3-4-5-6-7-8-9-10-11-12-13-14-15-16-17-18-19-24-22(25)20-21(2)23(24)26;1-17-15-19(25)23(21(17)27)13-11-9-7-5-3-4-6-8-10-12-14-24-20(26)16-18(2)22(24)28;/h41-42H,3-38H2,1-2H3;11-12H,2-10,13-20H2,1H3;1-16H2;1H4/b;12-11+;;. The first kappa shape index (κ1) is 97.2. The lowest BCUT2D eigenvalue weighted by molar-refractivity contribution is -0.139. The lowest BCUT2D eigenvalue weighted by atomic mass is 9.78. The summed E-state index contributed by atoms with van der Waals surface area (Å²) in [7, 11) is 0. The predicted octanol–water partition coefficient (Wildman–Crippen LogP) is 23.1. The summed E-state index contributed by atoms with van der Waals surface area (Å²) in [6.45, 7) is 27.9. The van der Waals surface area contributed by atoms with Crippen molar-refractivity contribution in [2.24, 2.45) is 11.8 Å². The fraction of sp³-hybridized carbons (Fsp3) is 0.761. The van der Waals surface area contributed by atoms with Gasteiger partial charge in [0, 0.05) is 60.6 Å². The minimum Gasteiger partial charge on any atom is -0.279 e. The van der Waals surface area contributed by atoms with E-state index in [1.807, 2.05) is 0 Å². The number of likely N-dealkylation sites (tertiary alicyclic amines) is 5. The summed E-state index contributed by atoms with van der Waals surface area (Å²) in [4.78, 5) is 125. The van der Waals surface area contributed by atoms with Gasteiger partial charge in [0.05, 0.1) is 32.1 Å². The first-order chi connectivity index (χ1) is 51.4. The lowest BCUT2D eigenvalue weighted by Gasteiger charge is -2.28. The minimum atomic E-state index is -0.201. The van der Waals surface area contributed by atoms with Gasteiger partial charge in [-0.2, -0.15) is 0 Å². The Hall–Kier alpha value is -5.86. The van der Waals surface area contributed by atoms with Crippen LogP contribution in [-0.4, -0.2) is 116 Å². The van der Waals surface area contributed by atoms with E-state index in [0.717, 1.165) is 88.9 Å². The molecule has 2 atom stereocenters. The molecule has 15 heteroatoms. The fourth-order valence-electron chi connectivity index (χ4n) is 15.6. The predicted molar refractivity (Wildman–Crippen MR) is 442 cm³/mol. The van der Waals surface area contributed by atoms with Crippen molar-refractivity contribution in [3.8, 4) is 0 Å². The van der Waals surface area contributed by atoms with Gasteiger partial charge in [-0.05, 0) is 69.6 Å². The summed E-state index contributed by atoms with van der Waals surface area (Å²) < 4.78 is 0. The van der Waals surface area contributed by atoms with E-state index in [0.29, 0.717) is 60.6 Å². The van der Waals surface area contributed by atoms with Crippen molar-refractivity contribution in [2.45, 2.75) is 407 Å². The van der Waals surface area contributed by atoms with E-state index in [9.17, 15) is 47.9 Å². The quantitative estimate of drug-likeness (QED) is 0.0245. The van der Waals surface area contributed by atoms with Crippen LogP contribution in [0.2, 0.25) is 0 Å². The highest BCUT2D eigenvalue weighted by Gasteiger charge is 2.35. The number of carbonyl (C=O) groups is 10. The first-order valence-electron chi connectivity index (χ1n) is 43.6. The van der Waals surface area contributed by atoms with Crippen LogP contribution in [0.4, 0.5) is 0 Å². The summed E-state index contributed by atoms with van der Waals surface area (Å²) >= 11 is 0. The zero-order valence-corrected chi connectivity index (χ0v) is 67.9.